The van der Waals surface area contributed by atoms with E-state index in [-0.39, 0.29) is 28.1 Å². The second kappa shape index (κ2) is 8.33. The summed E-state index contributed by atoms with van der Waals surface area (Å²) in [6, 6.07) is 13.2. The highest BCUT2D eigenvalue weighted by Gasteiger charge is 2.11. The lowest BCUT2D eigenvalue weighted by molar-refractivity contribution is 0.586. The zero-order chi connectivity index (χ0) is 18.5. The van der Waals surface area contributed by atoms with Crippen LogP contribution >= 0.6 is 23.5 Å². The van der Waals surface area contributed by atoms with Crippen molar-refractivity contribution < 1.29 is 13.2 Å². The van der Waals surface area contributed by atoms with Gasteiger partial charge >= 0.3 is 0 Å². The number of pyridine rings is 1. The molecular formula is C18H13ClF3N3S. The second-order valence-electron chi connectivity index (χ2n) is 5.26. The molecule has 8 heteroatoms. The molecule has 0 aliphatic carbocycles. The van der Waals surface area contributed by atoms with Gasteiger partial charge < -0.3 is 10.0 Å². The van der Waals surface area contributed by atoms with Crippen molar-refractivity contribution in [2.75, 3.05) is 10.0 Å². The van der Waals surface area contributed by atoms with Crippen LogP contribution in [0.25, 0.3) is 0 Å². The third-order valence-electron chi connectivity index (χ3n) is 3.43. The van der Waals surface area contributed by atoms with Crippen molar-refractivity contribution >= 4 is 35.1 Å². The van der Waals surface area contributed by atoms with Gasteiger partial charge in [-0.1, -0.05) is 35.9 Å². The monoisotopic (exact) mass is 395 g/mol. The molecule has 0 saturated carbocycles. The van der Waals surface area contributed by atoms with E-state index < -0.39 is 11.8 Å². The van der Waals surface area contributed by atoms with Gasteiger partial charge in [0.25, 0.3) is 0 Å². The van der Waals surface area contributed by atoms with Gasteiger partial charge in [-0.2, -0.15) is 4.39 Å². The predicted octanol–water partition coefficient (Wildman–Crippen LogP) is 5.88. The number of hydrogen-bond donors (Lipinski definition) is 2. The van der Waals surface area contributed by atoms with Crippen molar-refractivity contribution in [2.45, 2.75) is 11.4 Å². The zero-order valence-corrected chi connectivity index (χ0v) is 14.8. The lowest BCUT2D eigenvalue weighted by atomic mass is 10.2. The Balaban J connectivity index is 1.68. The summed E-state index contributed by atoms with van der Waals surface area (Å²) in [5.41, 5.74) is 0.793. The molecule has 0 atom stereocenters. The Morgan fingerprint density at radius 3 is 2.54 bits per heavy atom. The topological polar surface area (TPSA) is 37.0 Å². The van der Waals surface area contributed by atoms with Crippen molar-refractivity contribution in [3.63, 3.8) is 0 Å². The molecule has 0 unspecified atom stereocenters. The Kier molecular flexibility index (Phi) is 5.90. The SMILES string of the molecule is Fc1cccc(NSc2cc(Cl)c(NCc3ccccc3F)cc2F)n1. The fourth-order valence-electron chi connectivity index (χ4n) is 2.15. The van der Waals surface area contributed by atoms with E-state index in [0.29, 0.717) is 11.3 Å². The predicted molar refractivity (Wildman–Crippen MR) is 98.8 cm³/mol. The first-order chi connectivity index (χ1) is 12.5. The van der Waals surface area contributed by atoms with Gasteiger partial charge in [-0.05, 0) is 42.3 Å². The first-order valence-corrected chi connectivity index (χ1v) is 8.74. The summed E-state index contributed by atoms with van der Waals surface area (Å²) >= 11 is 7.10. The van der Waals surface area contributed by atoms with Crippen LogP contribution in [0.3, 0.4) is 0 Å². The lowest BCUT2D eigenvalue weighted by Gasteiger charge is -2.12. The Bertz CT molecular complexity index is 924. The molecule has 2 aromatic carbocycles. The highest BCUT2D eigenvalue weighted by molar-refractivity contribution is 8.00. The fourth-order valence-corrected chi connectivity index (χ4v) is 3.10. The minimum atomic E-state index is -0.637. The van der Waals surface area contributed by atoms with Crippen LogP contribution in [0, 0.1) is 17.6 Å². The maximum Gasteiger partial charge on any atom is 0.214 e. The zero-order valence-electron chi connectivity index (χ0n) is 13.3. The fraction of sp³-hybridized carbons (Fsp3) is 0.0556. The summed E-state index contributed by atoms with van der Waals surface area (Å²) < 4.78 is 43.7. The summed E-state index contributed by atoms with van der Waals surface area (Å²) in [6.07, 6.45) is 0. The molecule has 0 aliphatic heterocycles. The van der Waals surface area contributed by atoms with Crippen LogP contribution in [0.15, 0.2) is 59.5 Å². The molecule has 26 heavy (non-hydrogen) atoms. The van der Waals surface area contributed by atoms with Crippen LogP contribution in [-0.4, -0.2) is 4.98 Å². The van der Waals surface area contributed by atoms with E-state index in [1.165, 1.54) is 30.3 Å². The highest BCUT2D eigenvalue weighted by Crippen LogP contribution is 2.32. The molecule has 134 valence electrons. The lowest BCUT2D eigenvalue weighted by Crippen LogP contribution is -2.03. The largest absolute Gasteiger partial charge is 0.380 e. The summed E-state index contributed by atoms with van der Waals surface area (Å²) in [5.74, 6) is -1.26. The number of hydrogen-bond acceptors (Lipinski definition) is 4. The maximum absolute atomic E-state index is 14.3. The molecule has 0 amide bonds. The summed E-state index contributed by atoms with van der Waals surface area (Å²) in [5, 5.41) is 3.19. The summed E-state index contributed by atoms with van der Waals surface area (Å²) in [7, 11) is 0. The summed E-state index contributed by atoms with van der Waals surface area (Å²) in [6.45, 7) is 0.170. The third kappa shape index (κ3) is 4.62. The van der Waals surface area contributed by atoms with E-state index in [9.17, 15) is 13.2 Å². The van der Waals surface area contributed by atoms with Crippen LogP contribution < -0.4 is 10.0 Å². The number of halogens is 4. The quantitative estimate of drug-likeness (QED) is 0.403. The van der Waals surface area contributed by atoms with Gasteiger partial charge in [0.2, 0.25) is 5.95 Å². The summed E-state index contributed by atoms with van der Waals surface area (Å²) in [4.78, 5) is 3.85. The number of nitrogens with zero attached hydrogens (tertiary/aromatic N) is 1. The minimum absolute atomic E-state index is 0.170. The van der Waals surface area contributed by atoms with Crippen LogP contribution in [0.2, 0.25) is 5.02 Å². The van der Waals surface area contributed by atoms with Gasteiger partial charge in [0.15, 0.2) is 0 Å². The average Bonchev–Trinajstić information content (AvgIpc) is 2.62. The molecule has 0 aliphatic rings. The molecule has 1 heterocycles. The van der Waals surface area contributed by atoms with Crippen LogP contribution in [0.5, 0.6) is 0 Å². The number of anilines is 2. The number of benzene rings is 2. The standard InChI is InChI=1S/C18H13ClF3N3S/c19-12-8-16(26-25-18-7-3-6-17(22)24-18)14(21)9-15(12)23-10-11-4-1-2-5-13(11)20/h1-9,23H,10H2,(H,24,25). The Hall–Kier alpha value is -2.38. The average molecular weight is 396 g/mol. The molecule has 0 spiro atoms. The second-order valence-corrected chi connectivity index (χ2v) is 6.51. The molecule has 0 saturated heterocycles. The molecular weight excluding hydrogens is 383 g/mol. The Morgan fingerprint density at radius 1 is 0.962 bits per heavy atom. The van der Waals surface area contributed by atoms with Crippen molar-refractivity contribution in [3.05, 3.63) is 82.8 Å². The van der Waals surface area contributed by atoms with E-state index in [4.69, 9.17) is 11.6 Å². The van der Waals surface area contributed by atoms with Crippen LogP contribution in [0.1, 0.15) is 5.56 Å². The van der Waals surface area contributed by atoms with Crippen molar-refractivity contribution in [1.29, 1.82) is 0 Å². The number of rotatable bonds is 6. The normalized spacial score (nSPS) is 10.6. The highest BCUT2D eigenvalue weighted by atomic mass is 35.5. The molecule has 3 nitrogen and oxygen atoms in total. The van der Waals surface area contributed by atoms with Gasteiger partial charge in [-0.3, -0.25) is 0 Å². The van der Waals surface area contributed by atoms with Crippen molar-refractivity contribution in [1.82, 2.24) is 4.98 Å². The first kappa shape index (κ1) is 18.4. The van der Waals surface area contributed by atoms with Crippen molar-refractivity contribution in [3.8, 4) is 0 Å². The minimum Gasteiger partial charge on any atom is -0.380 e. The maximum atomic E-state index is 14.3. The molecule has 0 bridgehead atoms. The third-order valence-corrected chi connectivity index (χ3v) is 4.59. The Labute approximate surface area is 157 Å². The molecule has 1 aromatic heterocycles. The number of aromatic nitrogens is 1. The van der Waals surface area contributed by atoms with Crippen LogP contribution in [-0.2, 0) is 6.54 Å². The van der Waals surface area contributed by atoms with Gasteiger partial charge in [0.1, 0.15) is 17.5 Å². The van der Waals surface area contributed by atoms with Gasteiger partial charge in [-0.25, -0.2) is 13.8 Å². The van der Waals surface area contributed by atoms with E-state index in [1.807, 2.05) is 0 Å². The van der Waals surface area contributed by atoms with E-state index in [1.54, 1.807) is 24.3 Å². The molecule has 0 radical (unpaired) electrons. The van der Waals surface area contributed by atoms with E-state index >= 15 is 0 Å². The van der Waals surface area contributed by atoms with E-state index in [0.717, 1.165) is 11.9 Å². The smallest absolute Gasteiger partial charge is 0.214 e. The van der Waals surface area contributed by atoms with Crippen LogP contribution in [0.4, 0.5) is 24.7 Å². The van der Waals surface area contributed by atoms with Gasteiger partial charge in [0.05, 0.1) is 15.6 Å². The van der Waals surface area contributed by atoms with Crippen molar-refractivity contribution in [2.24, 2.45) is 0 Å². The van der Waals surface area contributed by atoms with Gasteiger partial charge in [0, 0.05) is 12.1 Å². The molecule has 2 N–H and O–H groups in total. The van der Waals surface area contributed by atoms with Gasteiger partial charge in [-0.15, -0.1) is 0 Å². The Morgan fingerprint density at radius 2 is 1.77 bits per heavy atom. The first-order valence-electron chi connectivity index (χ1n) is 7.54. The molecule has 3 rings (SSSR count). The molecule has 0 fully saturated rings. The van der Waals surface area contributed by atoms with E-state index in [2.05, 4.69) is 15.0 Å². The molecule has 3 aromatic rings. The number of nitrogens with one attached hydrogen (secondary N) is 2.